The van der Waals surface area contributed by atoms with Crippen molar-refractivity contribution in [1.29, 1.82) is 0 Å². The van der Waals surface area contributed by atoms with E-state index >= 15 is 0 Å². The smallest absolute Gasteiger partial charge is 0.0738 e. The molecule has 0 N–H and O–H groups in total. The molecule has 0 radical (unpaired) electrons. The number of ether oxygens (including phenoxy) is 1. The Morgan fingerprint density at radius 1 is 1.13 bits per heavy atom. The highest BCUT2D eigenvalue weighted by Crippen LogP contribution is 2.45. The van der Waals surface area contributed by atoms with Crippen LogP contribution in [0.1, 0.15) is 25.7 Å². The second-order valence-electron chi connectivity index (χ2n) is 5.22. The van der Waals surface area contributed by atoms with Crippen molar-refractivity contribution in [3.63, 3.8) is 0 Å². The maximum Gasteiger partial charge on any atom is 0.0738 e. The Kier molecular flexibility index (Phi) is 2.46. The summed E-state index contributed by atoms with van der Waals surface area (Å²) in [7, 11) is 0. The van der Waals surface area contributed by atoms with Crippen molar-refractivity contribution in [2.75, 3.05) is 19.6 Å². The van der Waals surface area contributed by atoms with Crippen LogP contribution < -0.4 is 0 Å². The summed E-state index contributed by atoms with van der Waals surface area (Å²) in [6, 6.07) is 0. The third kappa shape index (κ3) is 1.58. The second kappa shape index (κ2) is 3.81. The number of nitrogens with zero attached hydrogens (tertiary/aromatic N) is 1. The van der Waals surface area contributed by atoms with Gasteiger partial charge in [-0.15, -0.1) is 6.42 Å². The predicted octanol–water partition coefficient (Wildman–Crippen LogP) is 1.51. The van der Waals surface area contributed by atoms with Crippen molar-refractivity contribution in [1.82, 2.24) is 4.90 Å². The Hall–Kier alpha value is -0.520. The molecule has 4 unspecified atom stereocenters. The van der Waals surface area contributed by atoms with E-state index in [1.54, 1.807) is 0 Å². The van der Waals surface area contributed by atoms with Gasteiger partial charge in [0.2, 0.25) is 0 Å². The van der Waals surface area contributed by atoms with Crippen LogP contribution in [-0.2, 0) is 4.74 Å². The molecular weight excluding hydrogens is 186 g/mol. The van der Waals surface area contributed by atoms with Gasteiger partial charge in [0.05, 0.1) is 18.8 Å². The fraction of sp³-hybridized carbons (Fsp3) is 0.846. The average molecular weight is 205 g/mol. The van der Waals surface area contributed by atoms with E-state index in [1.165, 1.54) is 25.7 Å². The molecule has 3 rings (SSSR count). The molecule has 2 bridgehead atoms. The van der Waals surface area contributed by atoms with Crippen LogP contribution in [0.15, 0.2) is 0 Å². The molecule has 2 aliphatic heterocycles. The Balaban J connectivity index is 1.74. The second-order valence-corrected chi connectivity index (χ2v) is 5.22. The lowest BCUT2D eigenvalue weighted by molar-refractivity contribution is -0.0467. The number of hydrogen-bond acceptors (Lipinski definition) is 2. The minimum atomic E-state index is 0.488. The van der Waals surface area contributed by atoms with Crippen molar-refractivity contribution in [2.45, 2.75) is 37.9 Å². The van der Waals surface area contributed by atoms with E-state index in [9.17, 15) is 0 Å². The normalized spacial score (nSPS) is 44.7. The van der Waals surface area contributed by atoms with Gasteiger partial charge in [-0.05, 0) is 24.7 Å². The molecular formula is C13H19NO. The molecule has 1 aliphatic carbocycles. The van der Waals surface area contributed by atoms with E-state index in [0.717, 1.165) is 31.5 Å². The van der Waals surface area contributed by atoms with Gasteiger partial charge in [0.25, 0.3) is 0 Å². The van der Waals surface area contributed by atoms with Crippen molar-refractivity contribution in [3.8, 4) is 12.3 Å². The molecule has 4 atom stereocenters. The molecule has 2 nitrogen and oxygen atoms in total. The van der Waals surface area contributed by atoms with Crippen LogP contribution in [0, 0.1) is 24.2 Å². The van der Waals surface area contributed by atoms with Gasteiger partial charge in [0.1, 0.15) is 0 Å². The highest BCUT2D eigenvalue weighted by atomic mass is 16.5. The molecule has 0 spiro atoms. The minimum Gasteiger partial charge on any atom is -0.372 e. The molecule has 0 amide bonds. The molecule has 3 fully saturated rings. The monoisotopic (exact) mass is 205 g/mol. The van der Waals surface area contributed by atoms with Gasteiger partial charge in [-0.3, -0.25) is 4.90 Å². The molecule has 0 aromatic carbocycles. The van der Waals surface area contributed by atoms with Gasteiger partial charge in [-0.1, -0.05) is 18.8 Å². The zero-order chi connectivity index (χ0) is 10.3. The number of terminal acetylenes is 1. The molecule has 0 aromatic heterocycles. The molecule has 2 saturated heterocycles. The van der Waals surface area contributed by atoms with Crippen LogP contribution in [0.5, 0.6) is 0 Å². The predicted molar refractivity (Wildman–Crippen MR) is 59.4 cm³/mol. The third-order valence-corrected chi connectivity index (χ3v) is 4.37. The molecule has 2 heterocycles. The fourth-order valence-corrected chi connectivity index (χ4v) is 3.74. The molecule has 15 heavy (non-hydrogen) atoms. The van der Waals surface area contributed by atoms with Crippen molar-refractivity contribution >= 4 is 0 Å². The van der Waals surface area contributed by atoms with Gasteiger partial charge < -0.3 is 4.74 Å². The summed E-state index contributed by atoms with van der Waals surface area (Å²) < 4.78 is 6.11. The lowest BCUT2D eigenvalue weighted by Crippen LogP contribution is -2.43. The van der Waals surface area contributed by atoms with E-state index in [2.05, 4.69) is 10.8 Å². The highest BCUT2D eigenvalue weighted by Gasteiger charge is 2.48. The first-order chi connectivity index (χ1) is 7.38. The van der Waals surface area contributed by atoms with Gasteiger partial charge in [-0.2, -0.15) is 0 Å². The molecule has 0 aromatic rings. The van der Waals surface area contributed by atoms with Crippen molar-refractivity contribution in [2.24, 2.45) is 11.8 Å². The molecule has 1 saturated carbocycles. The first-order valence-corrected chi connectivity index (χ1v) is 6.20. The zero-order valence-corrected chi connectivity index (χ0v) is 9.19. The van der Waals surface area contributed by atoms with E-state index < -0.39 is 0 Å². The van der Waals surface area contributed by atoms with Crippen LogP contribution >= 0.6 is 0 Å². The number of fused-ring (bicyclic) bond motifs is 5. The maximum absolute atomic E-state index is 6.11. The van der Waals surface area contributed by atoms with Crippen molar-refractivity contribution in [3.05, 3.63) is 0 Å². The average Bonchev–Trinajstić information content (AvgIpc) is 2.53. The Morgan fingerprint density at radius 3 is 2.27 bits per heavy atom. The lowest BCUT2D eigenvalue weighted by atomic mass is 9.77. The summed E-state index contributed by atoms with van der Waals surface area (Å²) in [5.74, 6) is 4.44. The summed E-state index contributed by atoms with van der Waals surface area (Å²) in [6.07, 6.45) is 11.9. The number of likely N-dealkylation sites (tertiary alicyclic amines) is 1. The summed E-state index contributed by atoms with van der Waals surface area (Å²) in [5.41, 5.74) is 0. The molecule has 3 aliphatic rings. The first kappa shape index (κ1) is 9.69. The number of morpholine rings is 1. The summed E-state index contributed by atoms with van der Waals surface area (Å²) in [5, 5.41) is 0. The van der Waals surface area contributed by atoms with Crippen LogP contribution in [-0.4, -0.2) is 36.7 Å². The van der Waals surface area contributed by atoms with Crippen LogP contribution in [0.4, 0.5) is 0 Å². The zero-order valence-electron chi connectivity index (χ0n) is 9.19. The van der Waals surface area contributed by atoms with Crippen LogP contribution in [0.25, 0.3) is 0 Å². The van der Waals surface area contributed by atoms with Gasteiger partial charge >= 0.3 is 0 Å². The summed E-state index contributed by atoms with van der Waals surface area (Å²) >= 11 is 0. The standard InChI is InChI=1S/C13H19NO/c1-2-7-14-8-12-10-5-3-4-6-11(10)13(9-14)15-12/h1,10-13H,3-9H2. The topological polar surface area (TPSA) is 12.5 Å². The summed E-state index contributed by atoms with van der Waals surface area (Å²) in [4.78, 5) is 2.40. The first-order valence-electron chi connectivity index (χ1n) is 6.20. The maximum atomic E-state index is 6.11. The lowest BCUT2D eigenvalue weighted by Gasteiger charge is -2.31. The number of hydrogen-bond donors (Lipinski definition) is 0. The van der Waals surface area contributed by atoms with Gasteiger partial charge in [-0.25, -0.2) is 0 Å². The van der Waals surface area contributed by atoms with Crippen LogP contribution in [0.2, 0.25) is 0 Å². The van der Waals surface area contributed by atoms with E-state index in [1.807, 2.05) is 0 Å². The minimum absolute atomic E-state index is 0.488. The Labute approximate surface area is 92.0 Å². The largest absolute Gasteiger partial charge is 0.372 e. The Morgan fingerprint density at radius 2 is 1.73 bits per heavy atom. The van der Waals surface area contributed by atoms with E-state index in [4.69, 9.17) is 11.2 Å². The SMILES string of the molecule is C#CCN1CC2OC(C1)C1CCCCC21. The third-order valence-electron chi connectivity index (χ3n) is 4.37. The fourth-order valence-electron chi connectivity index (χ4n) is 3.74. The van der Waals surface area contributed by atoms with E-state index in [-0.39, 0.29) is 0 Å². The quantitative estimate of drug-likeness (QED) is 0.602. The highest BCUT2D eigenvalue weighted by molar-refractivity contribution is 5.00. The molecule has 2 heteroatoms. The summed E-state index contributed by atoms with van der Waals surface area (Å²) in [6.45, 7) is 2.94. The van der Waals surface area contributed by atoms with E-state index in [0.29, 0.717) is 12.2 Å². The van der Waals surface area contributed by atoms with Crippen LogP contribution in [0.3, 0.4) is 0 Å². The number of rotatable bonds is 1. The molecule has 82 valence electrons. The van der Waals surface area contributed by atoms with Gasteiger partial charge in [0, 0.05) is 13.1 Å². The van der Waals surface area contributed by atoms with Crippen molar-refractivity contribution < 1.29 is 4.74 Å². The van der Waals surface area contributed by atoms with Gasteiger partial charge in [0.15, 0.2) is 0 Å². The Bertz CT molecular complexity index is 263.